The first kappa shape index (κ1) is 16.2. The molecule has 0 amide bonds. The number of hydrogen-bond donors (Lipinski definition) is 1. The van der Waals surface area contributed by atoms with E-state index in [0.717, 1.165) is 22.2 Å². The molecule has 1 atom stereocenters. The molecule has 21 heavy (non-hydrogen) atoms. The summed E-state index contributed by atoms with van der Waals surface area (Å²) in [6.07, 6.45) is 0.813. The van der Waals surface area contributed by atoms with E-state index < -0.39 is 0 Å². The van der Waals surface area contributed by atoms with Crippen LogP contribution in [0.1, 0.15) is 24.1 Å². The Bertz CT molecular complexity index is 596. The molecule has 2 aromatic carbocycles. The molecule has 2 aromatic rings. The first-order valence-corrected chi connectivity index (χ1v) is 7.75. The van der Waals surface area contributed by atoms with Crippen LogP contribution in [0.2, 0.25) is 10.0 Å². The van der Waals surface area contributed by atoms with Crippen LogP contribution in [0.25, 0.3) is 0 Å². The normalized spacial score (nSPS) is 12.2. The van der Waals surface area contributed by atoms with Gasteiger partial charge in [-0.2, -0.15) is 0 Å². The van der Waals surface area contributed by atoms with E-state index in [1.54, 1.807) is 0 Å². The van der Waals surface area contributed by atoms with Gasteiger partial charge in [-0.15, -0.1) is 0 Å². The smallest absolute Gasteiger partial charge is 0.0511 e. The van der Waals surface area contributed by atoms with Crippen molar-refractivity contribution in [3.8, 4) is 0 Å². The van der Waals surface area contributed by atoms with Gasteiger partial charge < -0.3 is 10.6 Å². The summed E-state index contributed by atoms with van der Waals surface area (Å²) in [6, 6.07) is 14.2. The zero-order chi connectivity index (χ0) is 15.4. The Labute approximate surface area is 136 Å². The fraction of sp³-hybridized carbons (Fsp3) is 0.294. The molecule has 0 aliphatic rings. The maximum Gasteiger partial charge on any atom is 0.0511 e. The van der Waals surface area contributed by atoms with Crippen LogP contribution in [-0.4, -0.2) is 13.6 Å². The highest BCUT2D eigenvalue weighted by atomic mass is 35.5. The van der Waals surface area contributed by atoms with Crippen molar-refractivity contribution >= 4 is 28.9 Å². The minimum Gasteiger partial charge on any atom is -0.368 e. The third-order valence-corrected chi connectivity index (χ3v) is 4.26. The molecule has 0 spiro atoms. The van der Waals surface area contributed by atoms with Crippen molar-refractivity contribution in [1.82, 2.24) is 0 Å². The van der Waals surface area contributed by atoms with Crippen molar-refractivity contribution < 1.29 is 0 Å². The molecule has 0 bridgehead atoms. The predicted molar refractivity (Wildman–Crippen MR) is 92.5 cm³/mol. The molecule has 2 nitrogen and oxygen atoms in total. The summed E-state index contributed by atoms with van der Waals surface area (Å²) in [5, 5.41) is 1.50. The van der Waals surface area contributed by atoms with Crippen molar-refractivity contribution in [1.29, 1.82) is 0 Å². The van der Waals surface area contributed by atoms with Gasteiger partial charge in [0, 0.05) is 22.8 Å². The van der Waals surface area contributed by atoms with Gasteiger partial charge in [0.25, 0.3) is 0 Å². The van der Waals surface area contributed by atoms with Crippen molar-refractivity contribution in [3.63, 3.8) is 0 Å². The van der Waals surface area contributed by atoms with Crippen molar-refractivity contribution in [3.05, 3.63) is 63.6 Å². The molecule has 4 heteroatoms. The van der Waals surface area contributed by atoms with Gasteiger partial charge in [0.1, 0.15) is 0 Å². The number of nitrogens with zero attached hydrogens (tertiary/aromatic N) is 1. The topological polar surface area (TPSA) is 29.3 Å². The van der Waals surface area contributed by atoms with Gasteiger partial charge in [-0.05, 0) is 61.3 Å². The van der Waals surface area contributed by atoms with Gasteiger partial charge >= 0.3 is 0 Å². The molecule has 0 fully saturated rings. The Hall–Kier alpha value is -1.22. The van der Waals surface area contributed by atoms with E-state index in [2.05, 4.69) is 37.1 Å². The van der Waals surface area contributed by atoms with Crippen molar-refractivity contribution in [2.24, 2.45) is 5.73 Å². The van der Waals surface area contributed by atoms with E-state index in [4.69, 9.17) is 28.9 Å². The average Bonchev–Trinajstić information content (AvgIpc) is 2.47. The van der Waals surface area contributed by atoms with Crippen LogP contribution in [0, 0.1) is 0 Å². The molecule has 0 radical (unpaired) electrons. The fourth-order valence-corrected chi connectivity index (χ4v) is 2.75. The molecule has 112 valence electrons. The number of rotatable bonds is 5. The van der Waals surface area contributed by atoms with E-state index >= 15 is 0 Å². The minimum absolute atomic E-state index is 0.236. The largest absolute Gasteiger partial charge is 0.368 e. The first-order valence-electron chi connectivity index (χ1n) is 6.99. The van der Waals surface area contributed by atoms with Crippen LogP contribution < -0.4 is 10.6 Å². The van der Waals surface area contributed by atoms with Gasteiger partial charge in [0.15, 0.2) is 0 Å². The molecular weight excluding hydrogens is 303 g/mol. The average molecular weight is 323 g/mol. The Kier molecular flexibility index (Phi) is 5.51. The third kappa shape index (κ3) is 3.91. The maximum atomic E-state index is 6.10. The van der Waals surface area contributed by atoms with Crippen LogP contribution in [0.4, 0.5) is 5.69 Å². The second-order valence-corrected chi connectivity index (χ2v) is 6.02. The second kappa shape index (κ2) is 7.17. The molecule has 2 N–H and O–H groups in total. The highest BCUT2D eigenvalue weighted by Gasteiger charge is 2.15. The van der Waals surface area contributed by atoms with Crippen LogP contribution in [-0.2, 0) is 6.42 Å². The lowest BCUT2D eigenvalue weighted by atomic mass is 10.0. The van der Waals surface area contributed by atoms with Gasteiger partial charge in [-0.1, -0.05) is 35.3 Å². The lowest BCUT2D eigenvalue weighted by Crippen LogP contribution is -2.23. The van der Waals surface area contributed by atoms with E-state index in [1.165, 1.54) is 11.1 Å². The van der Waals surface area contributed by atoms with Crippen LogP contribution in [0.3, 0.4) is 0 Å². The Morgan fingerprint density at radius 1 is 1.05 bits per heavy atom. The maximum absolute atomic E-state index is 6.10. The van der Waals surface area contributed by atoms with Crippen molar-refractivity contribution in [2.75, 3.05) is 18.5 Å². The van der Waals surface area contributed by atoms with E-state index in [-0.39, 0.29) is 6.04 Å². The van der Waals surface area contributed by atoms with Gasteiger partial charge in [-0.3, -0.25) is 0 Å². The second-order valence-electron chi connectivity index (χ2n) is 5.15. The van der Waals surface area contributed by atoms with Gasteiger partial charge in [-0.25, -0.2) is 0 Å². The summed E-state index contributed by atoms with van der Waals surface area (Å²) in [6.45, 7) is 2.78. The number of halogens is 2. The van der Waals surface area contributed by atoms with E-state index in [9.17, 15) is 0 Å². The van der Waals surface area contributed by atoms with Crippen molar-refractivity contribution in [2.45, 2.75) is 19.4 Å². The zero-order valence-electron chi connectivity index (χ0n) is 12.3. The Balaban J connectivity index is 2.30. The van der Waals surface area contributed by atoms with Gasteiger partial charge in [0.2, 0.25) is 0 Å². The highest BCUT2D eigenvalue weighted by molar-refractivity contribution is 6.31. The standard InChI is InChI=1S/C17H20Cl2N2/c1-12(13-3-5-15(18)6-4-13)21(2)17-8-7-16(19)11-14(17)9-10-20/h3-8,11-12H,9-10,20H2,1-2H3. The minimum atomic E-state index is 0.236. The molecule has 0 saturated carbocycles. The molecule has 0 aliphatic heterocycles. The summed E-state index contributed by atoms with van der Waals surface area (Å²) in [7, 11) is 2.09. The number of anilines is 1. The van der Waals surface area contributed by atoms with Crippen LogP contribution in [0.15, 0.2) is 42.5 Å². The molecule has 0 aliphatic carbocycles. The zero-order valence-corrected chi connectivity index (χ0v) is 13.8. The lowest BCUT2D eigenvalue weighted by Gasteiger charge is -2.29. The van der Waals surface area contributed by atoms with Crippen LogP contribution >= 0.6 is 23.2 Å². The Morgan fingerprint density at radius 3 is 2.29 bits per heavy atom. The fourth-order valence-electron chi connectivity index (χ4n) is 2.43. The Morgan fingerprint density at radius 2 is 1.67 bits per heavy atom. The predicted octanol–water partition coefficient (Wildman–Crippen LogP) is 4.69. The molecule has 0 aromatic heterocycles. The first-order chi connectivity index (χ1) is 10.0. The lowest BCUT2D eigenvalue weighted by molar-refractivity contribution is 0.734. The molecular formula is C17H20Cl2N2. The SMILES string of the molecule is CC(c1ccc(Cl)cc1)N(C)c1ccc(Cl)cc1CCN. The monoisotopic (exact) mass is 322 g/mol. The van der Waals surface area contributed by atoms with Crippen LogP contribution in [0.5, 0.6) is 0 Å². The van der Waals surface area contributed by atoms with E-state index in [1.807, 2.05) is 24.3 Å². The highest BCUT2D eigenvalue weighted by Crippen LogP contribution is 2.30. The number of nitrogens with two attached hydrogens (primary N) is 1. The van der Waals surface area contributed by atoms with E-state index in [0.29, 0.717) is 6.54 Å². The molecule has 0 saturated heterocycles. The third-order valence-electron chi connectivity index (χ3n) is 3.77. The summed E-state index contributed by atoms with van der Waals surface area (Å²) in [5.74, 6) is 0. The molecule has 0 heterocycles. The molecule has 2 rings (SSSR count). The van der Waals surface area contributed by atoms with Gasteiger partial charge in [0.05, 0.1) is 6.04 Å². The summed E-state index contributed by atoms with van der Waals surface area (Å²) < 4.78 is 0. The summed E-state index contributed by atoms with van der Waals surface area (Å²) >= 11 is 12.1. The molecule has 1 unspecified atom stereocenters. The summed E-state index contributed by atoms with van der Waals surface area (Å²) in [4.78, 5) is 2.24. The number of benzene rings is 2. The summed E-state index contributed by atoms with van der Waals surface area (Å²) in [5.41, 5.74) is 9.26. The number of hydrogen-bond acceptors (Lipinski definition) is 2. The quantitative estimate of drug-likeness (QED) is 0.865.